The fourth-order valence-corrected chi connectivity index (χ4v) is 6.75. The van der Waals surface area contributed by atoms with Gasteiger partial charge in [0.2, 0.25) is 0 Å². The van der Waals surface area contributed by atoms with Gasteiger partial charge in [-0.15, -0.1) is 0 Å². The lowest BCUT2D eigenvalue weighted by molar-refractivity contribution is -0.384. The number of hydrogen-bond acceptors (Lipinski definition) is 5. The van der Waals surface area contributed by atoms with Crippen LogP contribution in [0.4, 0.5) is 5.69 Å². The fraction of sp³-hybridized carbons (Fsp3) is 0.517. The van der Waals surface area contributed by atoms with Gasteiger partial charge in [0, 0.05) is 18.7 Å². The number of halogens is 1. The molecule has 2 aliphatic carbocycles. The van der Waals surface area contributed by atoms with Crippen LogP contribution in [0.25, 0.3) is 0 Å². The zero-order valence-corrected chi connectivity index (χ0v) is 22.7. The minimum absolute atomic E-state index is 0.0307. The van der Waals surface area contributed by atoms with Crippen LogP contribution < -0.4 is 5.32 Å². The molecule has 2 aromatic carbocycles. The van der Waals surface area contributed by atoms with Crippen LogP contribution in [0.2, 0.25) is 5.02 Å². The van der Waals surface area contributed by atoms with E-state index in [2.05, 4.69) is 51.2 Å². The minimum atomic E-state index is -0.870. The fourth-order valence-electron chi connectivity index (χ4n) is 6.56. The molecule has 198 valence electrons. The maximum absolute atomic E-state index is 12.6. The quantitative estimate of drug-likeness (QED) is 0.257. The molecule has 2 aliphatic rings. The third-order valence-corrected chi connectivity index (χ3v) is 8.90. The van der Waals surface area contributed by atoms with Crippen molar-refractivity contribution < 1.29 is 19.2 Å². The highest BCUT2D eigenvalue weighted by Gasteiger charge is 2.51. The van der Waals surface area contributed by atoms with Crippen molar-refractivity contribution in [2.24, 2.45) is 11.3 Å². The molecule has 0 spiro atoms. The predicted molar refractivity (Wildman–Crippen MR) is 143 cm³/mol. The average molecular weight is 527 g/mol. The largest absolute Gasteiger partial charge is 0.452 e. The number of non-ortho nitro benzene ring substituents is 1. The molecule has 0 aliphatic heterocycles. The normalized spacial score (nSPS) is 24.6. The number of nitrogens with one attached hydrogen (secondary N) is 1. The topological polar surface area (TPSA) is 98.5 Å². The van der Waals surface area contributed by atoms with Gasteiger partial charge in [-0.2, -0.15) is 0 Å². The molecule has 1 saturated carbocycles. The molecule has 0 aromatic heterocycles. The molecular formula is C29H35ClN2O5. The number of aryl methyl sites for hydroxylation is 1. The Balaban J connectivity index is 1.40. The number of benzene rings is 2. The van der Waals surface area contributed by atoms with Crippen LogP contribution in [0.3, 0.4) is 0 Å². The minimum Gasteiger partial charge on any atom is -0.452 e. The zero-order valence-electron chi connectivity index (χ0n) is 21.9. The number of esters is 1. The number of nitro benzene ring substituents is 1. The lowest BCUT2D eigenvalue weighted by Crippen LogP contribution is -2.53. The Bertz CT molecular complexity index is 1230. The Morgan fingerprint density at radius 1 is 1.19 bits per heavy atom. The molecule has 37 heavy (non-hydrogen) atoms. The maximum atomic E-state index is 12.6. The number of hydrogen-bond donors (Lipinski definition) is 1. The maximum Gasteiger partial charge on any atom is 0.340 e. The summed E-state index contributed by atoms with van der Waals surface area (Å²) in [6, 6.07) is 10.5. The molecule has 0 heterocycles. The van der Waals surface area contributed by atoms with Gasteiger partial charge < -0.3 is 10.1 Å². The highest BCUT2D eigenvalue weighted by atomic mass is 35.5. The number of nitrogens with zero attached hydrogens (tertiary/aromatic N) is 1. The average Bonchev–Trinajstić information content (AvgIpc) is 2.85. The lowest BCUT2D eigenvalue weighted by atomic mass is 9.49. The number of carbonyl (C=O) groups is 2. The molecular weight excluding hydrogens is 492 g/mol. The van der Waals surface area contributed by atoms with Crippen molar-refractivity contribution in [1.29, 1.82) is 0 Å². The molecule has 4 rings (SSSR count). The van der Waals surface area contributed by atoms with Gasteiger partial charge in [-0.3, -0.25) is 14.9 Å². The molecule has 8 heteroatoms. The third-order valence-electron chi connectivity index (χ3n) is 8.57. The molecule has 0 bridgehead atoms. The van der Waals surface area contributed by atoms with Gasteiger partial charge in [-0.1, -0.05) is 63.9 Å². The van der Waals surface area contributed by atoms with Gasteiger partial charge in [0.25, 0.3) is 11.6 Å². The van der Waals surface area contributed by atoms with E-state index in [0.717, 1.165) is 38.2 Å². The summed E-state index contributed by atoms with van der Waals surface area (Å²) in [5.41, 5.74) is 3.87. The first-order chi connectivity index (χ1) is 17.4. The van der Waals surface area contributed by atoms with Gasteiger partial charge in [0.05, 0.1) is 15.5 Å². The summed E-state index contributed by atoms with van der Waals surface area (Å²) in [6.45, 7) is 9.12. The van der Waals surface area contributed by atoms with E-state index in [4.69, 9.17) is 16.3 Å². The molecule has 1 amide bonds. The monoisotopic (exact) mass is 526 g/mol. The number of amides is 1. The standard InChI is InChI=1S/C29H35ClN2O5/c1-18(2)19-6-9-23-20(14-19)7-11-25-28(3,12-5-13-29(23,25)4)17-31-26(33)16-37-27(34)22-15-21(32(35)36)8-10-24(22)30/h6,8-10,14-15,18,25H,5,7,11-13,16-17H2,1-4H3,(H,31,33). The van der Waals surface area contributed by atoms with Crippen LogP contribution in [-0.4, -0.2) is 30.0 Å². The van der Waals surface area contributed by atoms with E-state index in [1.54, 1.807) is 0 Å². The van der Waals surface area contributed by atoms with E-state index in [1.165, 1.54) is 28.8 Å². The van der Waals surface area contributed by atoms with Gasteiger partial charge in [-0.25, -0.2) is 4.79 Å². The Kier molecular flexibility index (Phi) is 7.65. The van der Waals surface area contributed by atoms with Gasteiger partial charge in [-0.05, 0) is 71.1 Å². The van der Waals surface area contributed by atoms with E-state index in [-0.39, 0.29) is 27.1 Å². The van der Waals surface area contributed by atoms with E-state index in [9.17, 15) is 19.7 Å². The highest BCUT2D eigenvalue weighted by Crippen LogP contribution is 2.57. The summed E-state index contributed by atoms with van der Waals surface area (Å²) in [5.74, 6) is -0.339. The number of nitro groups is 1. The Morgan fingerprint density at radius 2 is 1.95 bits per heavy atom. The smallest absolute Gasteiger partial charge is 0.340 e. The molecule has 1 fully saturated rings. The second kappa shape index (κ2) is 10.4. The van der Waals surface area contributed by atoms with Crippen molar-refractivity contribution in [3.63, 3.8) is 0 Å². The number of fused-ring (bicyclic) bond motifs is 3. The van der Waals surface area contributed by atoms with Crippen LogP contribution in [0.15, 0.2) is 36.4 Å². The first-order valence-corrected chi connectivity index (χ1v) is 13.3. The lowest BCUT2D eigenvalue weighted by Gasteiger charge is -2.55. The van der Waals surface area contributed by atoms with E-state index in [1.807, 2.05) is 0 Å². The number of rotatable bonds is 7. The third kappa shape index (κ3) is 5.37. The van der Waals surface area contributed by atoms with Crippen molar-refractivity contribution in [3.05, 3.63) is 73.8 Å². The van der Waals surface area contributed by atoms with Crippen molar-refractivity contribution in [3.8, 4) is 0 Å². The van der Waals surface area contributed by atoms with Gasteiger partial charge >= 0.3 is 5.97 Å². The summed E-state index contributed by atoms with van der Waals surface area (Å²) >= 11 is 6.01. The van der Waals surface area contributed by atoms with Crippen molar-refractivity contribution in [2.75, 3.05) is 13.2 Å². The van der Waals surface area contributed by atoms with Gasteiger partial charge in [0.15, 0.2) is 6.61 Å². The molecule has 0 saturated heterocycles. The first-order valence-electron chi connectivity index (χ1n) is 13.0. The number of ether oxygens (including phenoxy) is 1. The van der Waals surface area contributed by atoms with Crippen molar-refractivity contribution >= 4 is 29.2 Å². The zero-order chi connectivity index (χ0) is 27.0. The molecule has 2 aromatic rings. The molecule has 1 N–H and O–H groups in total. The summed E-state index contributed by atoms with van der Waals surface area (Å²) in [5, 5.41) is 14.0. The van der Waals surface area contributed by atoms with Gasteiger partial charge in [0.1, 0.15) is 0 Å². The van der Waals surface area contributed by atoms with E-state index in [0.29, 0.717) is 18.4 Å². The molecule has 3 unspecified atom stereocenters. The van der Waals surface area contributed by atoms with Crippen molar-refractivity contribution in [1.82, 2.24) is 5.32 Å². The Morgan fingerprint density at radius 3 is 2.65 bits per heavy atom. The molecule has 7 nitrogen and oxygen atoms in total. The van der Waals surface area contributed by atoms with Crippen LogP contribution in [0.1, 0.15) is 86.3 Å². The number of carbonyl (C=O) groups excluding carboxylic acids is 2. The predicted octanol–water partition coefficient (Wildman–Crippen LogP) is 6.36. The van der Waals surface area contributed by atoms with E-state index < -0.39 is 23.4 Å². The highest BCUT2D eigenvalue weighted by molar-refractivity contribution is 6.33. The van der Waals surface area contributed by atoms with Crippen LogP contribution in [0.5, 0.6) is 0 Å². The summed E-state index contributed by atoms with van der Waals surface area (Å²) < 4.78 is 5.12. The van der Waals surface area contributed by atoms with E-state index >= 15 is 0 Å². The second-order valence-electron chi connectivity index (χ2n) is 11.4. The molecule has 3 atom stereocenters. The summed E-state index contributed by atoms with van der Waals surface area (Å²) in [7, 11) is 0. The molecule has 0 radical (unpaired) electrons. The first kappa shape index (κ1) is 27.1. The Labute approximate surface area is 223 Å². The van der Waals surface area contributed by atoms with Crippen LogP contribution in [-0.2, 0) is 21.4 Å². The van der Waals surface area contributed by atoms with Crippen LogP contribution >= 0.6 is 11.6 Å². The summed E-state index contributed by atoms with van der Waals surface area (Å²) in [4.78, 5) is 35.4. The Hall–Kier alpha value is -2.93. The summed E-state index contributed by atoms with van der Waals surface area (Å²) in [6.07, 6.45) is 5.37. The van der Waals surface area contributed by atoms with Crippen LogP contribution in [0, 0.1) is 21.4 Å². The van der Waals surface area contributed by atoms with Crippen molar-refractivity contribution in [2.45, 2.75) is 71.1 Å². The second-order valence-corrected chi connectivity index (χ2v) is 11.8. The SMILES string of the molecule is CC(C)c1ccc2c(c1)CCC1C(C)(CNC(=O)COC(=O)c3cc([N+](=O)[O-])ccc3Cl)CCCC21C.